The predicted octanol–water partition coefficient (Wildman–Crippen LogP) is 2.67. The van der Waals surface area contributed by atoms with Crippen molar-refractivity contribution in [2.75, 3.05) is 0 Å². The molecule has 0 radical (unpaired) electrons. The Bertz CT molecular complexity index is 685. The summed E-state index contributed by atoms with van der Waals surface area (Å²) in [6, 6.07) is 10.1. The first-order chi connectivity index (χ1) is 9.28. The summed E-state index contributed by atoms with van der Waals surface area (Å²) < 4.78 is 1.78. The zero-order valence-electron chi connectivity index (χ0n) is 10.6. The van der Waals surface area contributed by atoms with Gasteiger partial charge in [-0.1, -0.05) is 30.3 Å². The second kappa shape index (κ2) is 4.95. The fourth-order valence-electron chi connectivity index (χ4n) is 1.97. The highest BCUT2D eigenvalue weighted by atomic mass is 32.1. The first kappa shape index (κ1) is 12.1. The molecule has 19 heavy (non-hydrogen) atoms. The van der Waals surface area contributed by atoms with Gasteiger partial charge in [0.2, 0.25) is 0 Å². The predicted molar refractivity (Wildman–Crippen MR) is 77.6 cm³/mol. The van der Waals surface area contributed by atoms with Crippen molar-refractivity contribution in [1.29, 1.82) is 0 Å². The number of aryl methyl sites for hydroxylation is 1. The smallest absolute Gasteiger partial charge is 0.127 e. The van der Waals surface area contributed by atoms with Gasteiger partial charge in [0.15, 0.2) is 0 Å². The molecule has 0 saturated heterocycles. The van der Waals surface area contributed by atoms with E-state index in [9.17, 15) is 0 Å². The Kier molecular flexibility index (Phi) is 3.15. The molecule has 96 valence electrons. The lowest BCUT2D eigenvalue weighted by molar-refractivity contribution is 0.768. The molecule has 0 aliphatic heterocycles. The van der Waals surface area contributed by atoms with E-state index in [2.05, 4.69) is 17.2 Å². The Balaban J connectivity index is 2.09. The van der Waals surface area contributed by atoms with Crippen LogP contribution >= 0.6 is 11.3 Å². The summed E-state index contributed by atoms with van der Waals surface area (Å²) in [5, 5.41) is 5.15. The number of thiazole rings is 1. The third kappa shape index (κ3) is 2.30. The van der Waals surface area contributed by atoms with E-state index in [-0.39, 0.29) is 0 Å². The molecule has 0 atom stereocenters. The van der Waals surface area contributed by atoms with E-state index in [1.807, 2.05) is 37.6 Å². The van der Waals surface area contributed by atoms with Crippen LogP contribution in [-0.2, 0) is 13.6 Å². The van der Waals surface area contributed by atoms with Crippen LogP contribution in [0.4, 0.5) is 0 Å². The van der Waals surface area contributed by atoms with Crippen molar-refractivity contribution in [3.05, 3.63) is 47.6 Å². The van der Waals surface area contributed by atoms with E-state index in [0.717, 1.165) is 26.7 Å². The number of nitrogens with two attached hydrogens (primary N) is 1. The fourth-order valence-corrected chi connectivity index (χ4v) is 2.90. The Labute approximate surface area is 115 Å². The van der Waals surface area contributed by atoms with E-state index in [1.165, 1.54) is 0 Å². The largest absolute Gasteiger partial charge is 0.326 e. The average Bonchev–Trinajstić information content (AvgIpc) is 3.05. The SMILES string of the molecule is Cn1cc(-c2nc(-c3ccccc3)c(CN)s2)cn1. The topological polar surface area (TPSA) is 56.7 Å². The maximum absolute atomic E-state index is 5.83. The van der Waals surface area contributed by atoms with E-state index in [4.69, 9.17) is 10.7 Å². The first-order valence-corrected chi connectivity index (χ1v) is 6.84. The highest BCUT2D eigenvalue weighted by molar-refractivity contribution is 7.15. The minimum Gasteiger partial charge on any atom is -0.326 e. The van der Waals surface area contributed by atoms with Crippen molar-refractivity contribution in [3.8, 4) is 21.8 Å². The molecule has 3 aromatic rings. The van der Waals surface area contributed by atoms with Crippen LogP contribution in [0.2, 0.25) is 0 Å². The maximum Gasteiger partial charge on any atom is 0.127 e. The van der Waals surface area contributed by atoms with E-state index >= 15 is 0 Å². The lowest BCUT2D eigenvalue weighted by Gasteiger charge is -1.98. The van der Waals surface area contributed by atoms with Gasteiger partial charge in [0.1, 0.15) is 5.01 Å². The van der Waals surface area contributed by atoms with Crippen LogP contribution in [0.3, 0.4) is 0 Å². The van der Waals surface area contributed by atoms with E-state index < -0.39 is 0 Å². The molecule has 0 amide bonds. The van der Waals surface area contributed by atoms with Crippen molar-refractivity contribution >= 4 is 11.3 Å². The third-order valence-electron chi connectivity index (χ3n) is 2.88. The average molecular weight is 270 g/mol. The molecule has 1 aromatic carbocycles. The summed E-state index contributed by atoms with van der Waals surface area (Å²) in [7, 11) is 1.90. The quantitative estimate of drug-likeness (QED) is 0.796. The number of hydrogen-bond donors (Lipinski definition) is 1. The van der Waals surface area contributed by atoms with E-state index in [1.54, 1.807) is 16.0 Å². The standard InChI is InChI=1S/C14H14N4S/c1-18-9-11(8-16-18)14-17-13(12(7-15)19-14)10-5-3-2-4-6-10/h2-6,8-9H,7,15H2,1H3. The zero-order valence-corrected chi connectivity index (χ0v) is 11.4. The van der Waals surface area contributed by atoms with Crippen LogP contribution in [-0.4, -0.2) is 14.8 Å². The minimum absolute atomic E-state index is 0.502. The van der Waals surface area contributed by atoms with Crippen LogP contribution in [0.5, 0.6) is 0 Å². The molecule has 2 N–H and O–H groups in total. The lowest BCUT2D eigenvalue weighted by atomic mass is 10.1. The Hall–Kier alpha value is -1.98. The van der Waals surface area contributed by atoms with Crippen LogP contribution in [0.15, 0.2) is 42.7 Å². The van der Waals surface area contributed by atoms with Gasteiger partial charge in [-0.2, -0.15) is 5.10 Å². The summed E-state index contributed by atoms with van der Waals surface area (Å²) in [6.07, 6.45) is 3.79. The summed E-state index contributed by atoms with van der Waals surface area (Å²) in [5.74, 6) is 0. The molecular weight excluding hydrogens is 256 g/mol. The van der Waals surface area contributed by atoms with Crippen LogP contribution in [0, 0.1) is 0 Å². The van der Waals surface area contributed by atoms with Crippen LogP contribution in [0.25, 0.3) is 21.8 Å². The first-order valence-electron chi connectivity index (χ1n) is 6.02. The van der Waals surface area contributed by atoms with Crippen molar-refractivity contribution in [1.82, 2.24) is 14.8 Å². The Morgan fingerprint density at radius 1 is 1.21 bits per heavy atom. The van der Waals surface area contributed by atoms with Gasteiger partial charge in [-0.25, -0.2) is 4.98 Å². The van der Waals surface area contributed by atoms with Crippen molar-refractivity contribution in [2.45, 2.75) is 6.54 Å². The molecule has 0 spiro atoms. The zero-order chi connectivity index (χ0) is 13.2. The molecule has 3 rings (SSSR count). The molecule has 0 unspecified atom stereocenters. The third-order valence-corrected chi connectivity index (χ3v) is 4.01. The van der Waals surface area contributed by atoms with Gasteiger partial charge in [-0.05, 0) is 0 Å². The normalized spacial score (nSPS) is 10.8. The van der Waals surface area contributed by atoms with Gasteiger partial charge < -0.3 is 5.73 Å². The van der Waals surface area contributed by atoms with Gasteiger partial charge >= 0.3 is 0 Å². The molecule has 2 heterocycles. The number of aromatic nitrogens is 3. The highest BCUT2D eigenvalue weighted by Gasteiger charge is 2.13. The van der Waals surface area contributed by atoms with E-state index in [0.29, 0.717) is 6.54 Å². The molecule has 2 aromatic heterocycles. The monoisotopic (exact) mass is 270 g/mol. The molecule has 0 aliphatic rings. The number of rotatable bonds is 3. The van der Waals surface area contributed by atoms with Crippen molar-refractivity contribution in [3.63, 3.8) is 0 Å². The Morgan fingerprint density at radius 3 is 2.63 bits per heavy atom. The summed E-state index contributed by atoms with van der Waals surface area (Å²) in [4.78, 5) is 5.82. The second-order valence-electron chi connectivity index (χ2n) is 4.26. The molecular formula is C14H14N4S. The van der Waals surface area contributed by atoms with Gasteiger partial charge in [-0.15, -0.1) is 11.3 Å². The number of benzene rings is 1. The van der Waals surface area contributed by atoms with Gasteiger partial charge in [0.25, 0.3) is 0 Å². The fraction of sp³-hybridized carbons (Fsp3) is 0.143. The molecule has 0 saturated carbocycles. The van der Waals surface area contributed by atoms with Gasteiger partial charge in [-0.3, -0.25) is 4.68 Å². The number of nitrogens with zero attached hydrogens (tertiary/aromatic N) is 3. The molecule has 5 heteroatoms. The molecule has 0 bridgehead atoms. The summed E-state index contributed by atoms with van der Waals surface area (Å²) >= 11 is 1.63. The molecule has 0 fully saturated rings. The molecule has 4 nitrogen and oxygen atoms in total. The molecule has 0 aliphatic carbocycles. The lowest BCUT2D eigenvalue weighted by Crippen LogP contribution is -1.95. The van der Waals surface area contributed by atoms with Crippen LogP contribution < -0.4 is 5.73 Å². The maximum atomic E-state index is 5.83. The summed E-state index contributed by atoms with van der Waals surface area (Å²) in [6.45, 7) is 0.502. The van der Waals surface area contributed by atoms with Crippen molar-refractivity contribution in [2.24, 2.45) is 12.8 Å². The summed E-state index contributed by atoms with van der Waals surface area (Å²) in [5.41, 5.74) is 8.95. The second-order valence-corrected chi connectivity index (χ2v) is 5.35. The van der Waals surface area contributed by atoms with Gasteiger partial charge in [0.05, 0.1) is 11.9 Å². The Morgan fingerprint density at radius 2 is 2.00 bits per heavy atom. The van der Waals surface area contributed by atoms with Crippen molar-refractivity contribution < 1.29 is 0 Å². The minimum atomic E-state index is 0.502. The van der Waals surface area contributed by atoms with Crippen LogP contribution in [0.1, 0.15) is 4.88 Å². The highest BCUT2D eigenvalue weighted by Crippen LogP contribution is 2.33. The van der Waals surface area contributed by atoms with Gasteiger partial charge in [0, 0.05) is 35.8 Å². The number of hydrogen-bond acceptors (Lipinski definition) is 4.